The smallest absolute Gasteiger partial charge is 0.227 e. The molecule has 0 aliphatic carbocycles. The van der Waals surface area contributed by atoms with Crippen LogP contribution in [0.3, 0.4) is 0 Å². The van der Waals surface area contributed by atoms with Gasteiger partial charge in [-0.3, -0.25) is 9.20 Å². The van der Waals surface area contributed by atoms with Gasteiger partial charge in [-0.05, 0) is 37.1 Å². The van der Waals surface area contributed by atoms with Crippen molar-refractivity contribution in [1.82, 2.24) is 34.3 Å². The third-order valence-electron chi connectivity index (χ3n) is 6.00. The lowest BCUT2D eigenvalue weighted by atomic mass is 9.95. The molecule has 1 aliphatic rings. The Morgan fingerprint density at radius 3 is 2.71 bits per heavy atom. The van der Waals surface area contributed by atoms with Gasteiger partial charge >= 0.3 is 0 Å². The molecule has 4 aromatic heterocycles. The molecule has 0 saturated carbocycles. The van der Waals surface area contributed by atoms with Crippen molar-refractivity contribution in [2.75, 3.05) is 23.3 Å². The predicted octanol–water partition coefficient (Wildman–Crippen LogP) is 3.29. The van der Waals surface area contributed by atoms with Gasteiger partial charge in [0.05, 0.1) is 5.69 Å². The molecule has 0 radical (unpaired) electrons. The van der Waals surface area contributed by atoms with E-state index in [0.717, 1.165) is 53.7 Å². The van der Waals surface area contributed by atoms with Crippen LogP contribution in [0.25, 0.3) is 22.0 Å². The third-order valence-corrected chi connectivity index (χ3v) is 6.77. The highest BCUT2D eigenvalue weighted by Gasteiger charge is 2.26. The first-order valence-electron chi connectivity index (χ1n) is 11.0. The summed E-state index contributed by atoms with van der Waals surface area (Å²) >= 11 is 1.60. The molecule has 5 heterocycles. The van der Waals surface area contributed by atoms with Crippen LogP contribution in [0.4, 0.5) is 11.5 Å². The van der Waals surface area contributed by atoms with Crippen molar-refractivity contribution in [3.63, 3.8) is 0 Å². The number of hydrogen-bond donors (Lipinski definition) is 1. The van der Waals surface area contributed by atoms with Gasteiger partial charge in [0.25, 0.3) is 0 Å². The van der Waals surface area contributed by atoms with Crippen LogP contribution in [0, 0.1) is 5.92 Å². The molecule has 1 saturated heterocycles. The summed E-state index contributed by atoms with van der Waals surface area (Å²) in [6.07, 6.45) is 8.56. The zero-order chi connectivity index (χ0) is 22.9. The number of thiazole rings is 1. The predicted molar refractivity (Wildman–Crippen MR) is 129 cm³/mol. The van der Waals surface area contributed by atoms with Crippen molar-refractivity contribution in [3.8, 4) is 17.1 Å². The highest BCUT2D eigenvalue weighted by molar-refractivity contribution is 7.15. The minimum atomic E-state index is -0.0415. The lowest BCUT2D eigenvalue weighted by molar-refractivity contribution is -0.120. The Labute approximate surface area is 198 Å². The Kier molecular flexibility index (Phi) is 5.22. The first-order valence-corrected chi connectivity index (χ1v) is 11.9. The summed E-state index contributed by atoms with van der Waals surface area (Å²) in [5, 5.41) is 17.7. The Hall–Kier alpha value is -4.12. The van der Waals surface area contributed by atoms with Crippen molar-refractivity contribution in [1.29, 1.82) is 0 Å². The van der Waals surface area contributed by atoms with Gasteiger partial charge in [-0.25, -0.2) is 14.6 Å². The third kappa shape index (κ3) is 4.01. The zero-order valence-electron chi connectivity index (χ0n) is 18.2. The van der Waals surface area contributed by atoms with Crippen LogP contribution in [0.2, 0.25) is 0 Å². The van der Waals surface area contributed by atoms with Gasteiger partial charge in [-0.2, -0.15) is 5.10 Å². The summed E-state index contributed by atoms with van der Waals surface area (Å²) in [6.45, 7) is 1.50. The van der Waals surface area contributed by atoms with Crippen molar-refractivity contribution < 1.29 is 4.79 Å². The number of nitrogens with one attached hydrogen (secondary N) is 1. The van der Waals surface area contributed by atoms with Gasteiger partial charge in [0.2, 0.25) is 5.91 Å². The van der Waals surface area contributed by atoms with Crippen LogP contribution in [-0.2, 0) is 4.79 Å². The summed E-state index contributed by atoms with van der Waals surface area (Å²) in [4.78, 5) is 24.6. The van der Waals surface area contributed by atoms with Crippen LogP contribution >= 0.6 is 11.3 Å². The number of aromatic nitrogens is 7. The molecule has 0 atom stereocenters. The number of carbonyl (C=O) groups is 1. The number of anilines is 2. The van der Waals surface area contributed by atoms with Crippen molar-refractivity contribution in [3.05, 3.63) is 66.8 Å². The fourth-order valence-electron chi connectivity index (χ4n) is 4.17. The van der Waals surface area contributed by atoms with Crippen LogP contribution < -0.4 is 10.2 Å². The maximum absolute atomic E-state index is 12.9. The van der Waals surface area contributed by atoms with Gasteiger partial charge in [0.1, 0.15) is 12.7 Å². The van der Waals surface area contributed by atoms with Gasteiger partial charge < -0.3 is 10.2 Å². The van der Waals surface area contributed by atoms with E-state index in [1.165, 1.54) is 6.33 Å². The first-order chi connectivity index (χ1) is 16.7. The molecule has 1 aliphatic heterocycles. The molecule has 1 fully saturated rings. The first kappa shape index (κ1) is 20.5. The van der Waals surface area contributed by atoms with Crippen molar-refractivity contribution in [2.24, 2.45) is 5.92 Å². The van der Waals surface area contributed by atoms with E-state index < -0.39 is 0 Å². The Bertz CT molecular complexity index is 1390. The number of amides is 1. The number of imidazole rings is 1. The standard InChI is InChI=1S/C23H21N9OS/c33-22(26-18-3-1-2-17(12-18)19-13-31-10-11-34-23(31)27-19)16-6-8-30(9-7-16)20-4-5-21(29-28-20)32-15-24-14-25-32/h1-5,10-16H,6-9H2,(H,26,33). The Morgan fingerprint density at radius 1 is 1.09 bits per heavy atom. The summed E-state index contributed by atoms with van der Waals surface area (Å²) in [5.74, 6) is 1.43. The van der Waals surface area contributed by atoms with E-state index in [4.69, 9.17) is 0 Å². The van der Waals surface area contributed by atoms with Crippen molar-refractivity contribution in [2.45, 2.75) is 12.8 Å². The molecule has 11 heteroatoms. The average Bonchev–Trinajstić information content (AvgIpc) is 3.63. The summed E-state index contributed by atoms with van der Waals surface area (Å²) in [7, 11) is 0. The number of carbonyl (C=O) groups excluding carboxylic acids is 1. The maximum Gasteiger partial charge on any atom is 0.227 e. The molecule has 34 heavy (non-hydrogen) atoms. The zero-order valence-corrected chi connectivity index (χ0v) is 19.0. The fourth-order valence-corrected chi connectivity index (χ4v) is 4.87. The van der Waals surface area contributed by atoms with E-state index >= 15 is 0 Å². The molecular formula is C23H21N9OS. The van der Waals surface area contributed by atoms with E-state index in [2.05, 4.69) is 35.5 Å². The number of hydrogen-bond acceptors (Lipinski definition) is 8. The minimum absolute atomic E-state index is 0.0415. The fraction of sp³-hybridized carbons (Fsp3) is 0.217. The molecule has 0 spiro atoms. The number of fused-ring (bicyclic) bond motifs is 1. The second-order valence-corrected chi connectivity index (χ2v) is 9.01. The SMILES string of the molecule is O=C(Nc1cccc(-c2cn3ccsc3n2)c1)C1CCN(c2ccc(-n3cncn3)nn2)CC1. The van der Waals surface area contributed by atoms with Gasteiger partial charge in [0, 0.05) is 48.0 Å². The maximum atomic E-state index is 12.9. The van der Waals surface area contributed by atoms with Crippen molar-refractivity contribution >= 4 is 33.7 Å². The largest absolute Gasteiger partial charge is 0.355 e. The molecule has 1 aromatic carbocycles. The highest BCUT2D eigenvalue weighted by Crippen LogP contribution is 2.26. The van der Waals surface area contributed by atoms with Crippen LogP contribution in [0.5, 0.6) is 0 Å². The van der Waals surface area contributed by atoms with Crippen LogP contribution in [0.1, 0.15) is 12.8 Å². The topological polar surface area (TPSA) is 106 Å². The van der Waals surface area contributed by atoms with Crippen LogP contribution in [0.15, 0.2) is 66.8 Å². The van der Waals surface area contributed by atoms with E-state index in [1.807, 2.05) is 58.6 Å². The summed E-state index contributed by atoms with van der Waals surface area (Å²) in [6, 6.07) is 11.6. The number of piperidine rings is 1. The lowest BCUT2D eigenvalue weighted by Gasteiger charge is -2.31. The Morgan fingerprint density at radius 2 is 1.94 bits per heavy atom. The molecule has 10 nitrogen and oxygen atoms in total. The van der Waals surface area contributed by atoms with Gasteiger partial charge in [-0.1, -0.05) is 12.1 Å². The van der Waals surface area contributed by atoms with E-state index in [0.29, 0.717) is 5.82 Å². The molecule has 5 aromatic rings. The second kappa shape index (κ2) is 8.67. The van der Waals surface area contributed by atoms with Gasteiger partial charge in [0.15, 0.2) is 16.6 Å². The van der Waals surface area contributed by atoms with Gasteiger partial charge in [-0.15, -0.1) is 21.5 Å². The molecular weight excluding hydrogens is 450 g/mol. The normalized spacial score (nSPS) is 14.5. The summed E-state index contributed by atoms with van der Waals surface area (Å²) < 4.78 is 3.57. The molecule has 6 rings (SSSR count). The molecule has 1 N–H and O–H groups in total. The molecule has 0 bridgehead atoms. The Balaban J connectivity index is 1.07. The molecule has 0 unspecified atom stereocenters. The number of nitrogens with zero attached hydrogens (tertiary/aromatic N) is 8. The minimum Gasteiger partial charge on any atom is -0.355 e. The van der Waals surface area contributed by atoms with E-state index in [-0.39, 0.29) is 11.8 Å². The number of rotatable bonds is 5. The number of benzene rings is 1. The van der Waals surface area contributed by atoms with Crippen LogP contribution in [-0.4, -0.2) is 53.3 Å². The quantitative estimate of drug-likeness (QED) is 0.419. The lowest BCUT2D eigenvalue weighted by Crippen LogP contribution is -2.38. The molecule has 170 valence electrons. The highest BCUT2D eigenvalue weighted by atomic mass is 32.1. The molecule has 1 amide bonds. The van der Waals surface area contributed by atoms with E-state index in [1.54, 1.807) is 22.3 Å². The monoisotopic (exact) mass is 471 g/mol. The summed E-state index contributed by atoms with van der Waals surface area (Å²) in [5.41, 5.74) is 2.67. The van der Waals surface area contributed by atoms with E-state index in [9.17, 15) is 4.79 Å². The average molecular weight is 472 g/mol. The second-order valence-electron chi connectivity index (χ2n) is 8.14.